The number of nitrogens with two attached hydrogens (primary N) is 1. The van der Waals surface area contributed by atoms with Crippen LogP contribution < -0.4 is 10.6 Å². The summed E-state index contributed by atoms with van der Waals surface area (Å²) in [6.45, 7) is 1.00. The molecule has 0 fully saturated rings. The van der Waals surface area contributed by atoms with Crippen LogP contribution in [0.4, 0.5) is 15.8 Å². The van der Waals surface area contributed by atoms with Gasteiger partial charge in [-0.25, -0.2) is 4.39 Å². The number of rotatable bonds is 0. The van der Waals surface area contributed by atoms with Crippen molar-refractivity contribution in [2.24, 2.45) is 0 Å². The van der Waals surface area contributed by atoms with Crippen LogP contribution in [0.25, 0.3) is 0 Å². The van der Waals surface area contributed by atoms with Gasteiger partial charge in [0.2, 0.25) is 0 Å². The lowest BCUT2D eigenvalue weighted by Gasteiger charge is -2.28. The van der Waals surface area contributed by atoms with Crippen molar-refractivity contribution in [3.8, 4) is 0 Å². The van der Waals surface area contributed by atoms with E-state index < -0.39 is 0 Å². The van der Waals surface area contributed by atoms with E-state index in [1.807, 2.05) is 7.05 Å². The maximum absolute atomic E-state index is 13.0. The summed E-state index contributed by atoms with van der Waals surface area (Å²) < 4.78 is 13.0. The topological polar surface area (TPSA) is 29.3 Å². The molecule has 1 aromatic rings. The minimum atomic E-state index is -0.230. The van der Waals surface area contributed by atoms with E-state index >= 15 is 0 Å². The summed E-state index contributed by atoms with van der Waals surface area (Å²) in [5, 5.41) is 0. The molecule has 1 aliphatic heterocycles. The molecule has 0 radical (unpaired) electrons. The molecule has 1 heterocycles. The van der Waals surface area contributed by atoms with Gasteiger partial charge in [-0.1, -0.05) is 0 Å². The number of halogens is 1. The van der Waals surface area contributed by atoms with Gasteiger partial charge in [0.1, 0.15) is 5.82 Å². The zero-order chi connectivity index (χ0) is 9.42. The van der Waals surface area contributed by atoms with Crippen LogP contribution in [-0.2, 0) is 6.42 Å². The Morgan fingerprint density at radius 1 is 1.46 bits per heavy atom. The monoisotopic (exact) mass is 180 g/mol. The average molecular weight is 180 g/mol. The molecular formula is C10H13FN2. The van der Waals surface area contributed by atoms with E-state index in [1.54, 1.807) is 6.07 Å². The molecule has 0 spiro atoms. The Hall–Kier alpha value is -1.25. The van der Waals surface area contributed by atoms with E-state index in [1.165, 1.54) is 6.07 Å². The van der Waals surface area contributed by atoms with Crippen molar-refractivity contribution in [3.63, 3.8) is 0 Å². The lowest BCUT2D eigenvalue weighted by atomic mass is 10.0. The second-order valence-electron chi connectivity index (χ2n) is 3.53. The number of fused-ring (bicyclic) bond motifs is 1. The second-order valence-corrected chi connectivity index (χ2v) is 3.53. The lowest BCUT2D eigenvalue weighted by Crippen LogP contribution is -2.25. The van der Waals surface area contributed by atoms with Crippen molar-refractivity contribution in [2.45, 2.75) is 12.8 Å². The highest BCUT2D eigenvalue weighted by Crippen LogP contribution is 2.32. The van der Waals surface area contributed by atoms with Crippen molar-refractivity contribution in [1.29, 1.82) is 0 Å². The predicted octanol–water partition coefficient (Wildman–Crippen LogP) is 1.79. The number of aryl methyl sites for hydroxylation is 1. The van der Waals surface area contributed by atoms with Crippen LogP contribution in [0, 0.1) is 5.82 Å². The zero-order valence-electron chi connectivity index (χ0n) is 7.68. The van der Waals surface area contributed by atoms with Gasteiger partial charge in [-0.05, 0) is 30.5 Å². The van der Waals surface area contributed by atoms with Crippen molar-refractivity contribution in [2.75, 3.05) is 24.2 Å². The largest absolute Gasteiger partial charge is 0.397 e. The molecule has 0 aromatic heterocycles. The Bertz CT molecular complexity index is 336. The minimum absolute atomic E-state index is 0.230. The SMILES string of the molecule is CN1CCCc2cc(F)cc(N)c21. The highest BCUT2D eigenvalue weighted by molar-refractivity contribution is 5.72. The van der Waals surface area contributed by atoms with Gasteiger partial charge < -0.3 is 10.6 Å². The van der Waals surface area contributed by atoms with Gasteiger partial charge in [-0.3, -0.25) is 0 Å². The Kier molecular flexibility index (Phi) is 1.87. The van der Waals surface area contributed by atoms with Crippen LogP contribution in [0.2, 0.25) is 0 Å². The molecule has 0 aliphatic carbocycles. The molecule has 3 heteroatoms. The van der Waals surface area contributed by atoms with E-state index in [4.69, 9.17) is 5.73 Å². The van der Waals surface area contributed by atoms with Gasteiger partial charge in [-0.15, -0.1) is 0 Å². The Morgan fingerprint density at radius 3 is 3.00 bits per heavy atom. The molecular weight excluding hydrogens is 167 g/mol. The normalized spacial score (nSPS) is 15.7. The fraction of sp³-hybridized carbons (Fsp3) is 0.400. The van der Waals surface area contributed by atoms with Crippen molar-refractivity contribution >= 4 is 11.4 Å². The molecule has 70 valence electrons. The maximum atomic E-state index is 13.0. The first kappa shape index (κ1) is 8.35. The van der Waals surface area contributed by atoms with E-state index in [-0.39, 0.29) is 5.82 Å². The van der Waals surface area contributed by atoms with E-state index in [9.17, 15) is 4.39 Å². The third kappa shape index (κ3) is 1.34. The van der Waals surface area contributed by atoms with Gasteiger partial charge >= 0.3 is 0 Å². The molecule has 2 nitrogen and oxygen atoms in total. The molecule has 13 heavy (non-hydrogen) atoms. The number of anilines is 2. The molecule has 0 bridgehead atoms. The fourth-order valence-electron chi connectivity index (χ4n) is 1.95. The molecule has 0 unspecified atom stereocenters. The Morgan fingerprint density at radius 2 is 2.23 bits per heavy atom. The molecule has 2 rings (SSSR count). The van der Waals surface area contributed by atoms with Crippen LogP contribution in [0.5, 0.6) is 0 Å². The predicted molar refractivity (Wildman–Crippen MR) is 52.4 cm³/mol. The number of nitrogen functional groups attached to an aromatic ring is 1. The van der Waals surface area contributed by atoms with Crippen LogP contribution >= 0.6 is 0 Å². The number of benzene rings is 1. The van der Waals surface area contributed by atoms with Crippen LogP contribution in [0.15, 0.2) is 12.1 Å². The van der Waals surface area contributed by atoms with Gasteiger partial charge in [0.25, 0.3) is 0 Å². The summed E-state index contributed by atoms with van der Waals surface area (Å²) in [5.74, 6) is -0.230. The first-order valence-corrected chi connectivity index (χ1v) is 4.47. The van der Waals surface area contributed by atoms with Gasteiger partial charge in [-0.2, -0.15) is 0 Å². The third-order valence-electron chi connectivity index (χ3n) is 2.50. The molecule has 0 saturated heterocycles. The smallest absolute Gasteiger partial charge is 0.125 e. The van der Waals surface area contributed by atoms with Gasteiger partial charge in [0.15, 0.2) is 0 Å². The second kappa shape index (κ2) is 2.91. The van der Waals surface area contributed by atoms with Crippen molar-refractivity contribution < 1.29 is 4.39 Å². The molecule has 1 aliphatic rings. The first-order chi connectivity index (χ1) is 6.18. The minimum Gasteiger partial charge on any atom is -0.397 e. The molecule has 0 amide bonds. The number of nitrogens with zero attached hydrogens (tertiary/aromatic N) is 1. The zero-order valence-corrected chi connectivity index (χ0v) is 7.68. The summed E-state index contributed by atoms with van der Waals surface area (Å²) >= 11 is 0. The maximum Gasteiger partial charge on any atom is 0.125 e. The van der Waals surface area contributed by atoms with E-state index in [0.29, 0.717) is 5.69 Å². The van der Waals surface area contributed by atoms with Gasteiger partial charge in [0, 0.05) is 13.6 Å². The van der Waals surface area contributed by atoms with Crippen molar-refractivity contribution in [3.05, 3.63) is 23.5 Å². The molecule has 2 N–H and O–H groups in total. The summed E-state index contributed by atoms with van der Waals surface area (Å²) in [6.07, 6.45) is 2.01. The lowest BCUT2D eigenvalue weighted by molar-refractivity contribution is 0.622. The molecule has 0 atom stereocenters. The first-order valence-electron chi connectivity index (χ1n) is 4.47. The molecule has 0 saturated carbocycles. The van der Waals surface area contributed by atoms with E-state index in [2.05, 4.69) is 4.90 Å². The average Bonchev–Trinajstić information content (AvgIpc) is 2.02. The Balaban J connectivity index is 2.56. The van der Waals surface area contributed by atoms with Crippen LogP contribution in [0.1, 0.15) is 12.0 Å². The summed E-state index contributed by atoms with van der Waals surface area (Å²) in [6, 6.07) is 2.97. The standard InChI is InChI=1S/C10H13FN2/c1-13-4-2-3-7-5-8(11)6-9(12)10(7)13/h5-6H,2-4,12H2,1H3. The third-order valence-corrected chi connectivity index (χ3v) is 2.50. The quantitative estimate of drug-likeness (QED) is 0.617. The van der Waals surface area contributed by atoms with Crippen molar-refractivity contribution in [1.82, 2.24) is 0 Å². The summed E-state index contributed by atoms with van der Waals surface area (Å²) in [7, 11) is 1.99. The number of hydrogen-bond donors (Lipinski definition) is 1. The van der Waals surface area contributed by atoms with Gasteiger partial charge in [0.05, 0.1) is 11.4 Å². The van der Waals surface area contributed by atoms with Crippen LogP contribution in [0.3, 0.4) is 0 Å². The fourth-order valence-corrected chi connectivity index (χ4v) is 1.95. The van der Waals surface area contributed by atoms with E-state index in [0.717, 1.165) is 30.6 Å². The van der Waals surface area contributed by atoms with Crippen LogP contribution in [-0.4, -0.2) is 13.6 Å². The Labute approximate surface area is 77.2 Å². The number of hydrogen-bond acceptors (Lipinski definition) is 2. The summed E-state index contributed by atoms with van der Waals surface area (Å²) in [5.41, 5.74) is 8.34. The molecule has 1 aromatic carbocycles. The summed E-state index contributed by atoms with van der Waals surface area (Å²) in [4.78, 5) is 2.09. The highest BCUT2D eigenvalue weighted by atomic mass is 19.1. The highest BCUT2D eigenvalue weighted by Gasteiger charge is 2.17.